The third-order valence-electron chi connectivity index (χ3n) is 5.67. The summed E-state index contributed by atoms with van der Waals surface area (Å²) in [5, 5.41) is 2.02. The minimum absolute atomic E-state index is 0.121. The SMILES string of the molecule is COC(=O)CCCCCCCC(=O)O[Si](c1ccccc1)(c1ccccc1)C(C)(C)C. The Labute approximate surface area is 188 Å². The molecule has 0 radical (unpaired) electrons. The summed E-state index contributed by atoms with van der Waals surface area (Å²) < 4.78 is 11.1. The van der Waals surface area contributed by atoms with Crippen molar-refractivity contribution in [1.82, 2.24) is 0 Å². The molecule has 168 valence electrons. The number of unbranched alkanes of at least 4 members (excludes halogenated alkanes) is 4. The first-order valence-electron chi connectivity index (χ1n) is 11.2. The zero-order valence-electron chi connectivity index (χ0n) is 19.4. The van der Waals surface area contributed by atoms with Crippen LogP contribution in [0.15, 0.2) is 60.7 Å². The Bertz CT molecular complexity index is 773. The molecule has 2 aromatic carbocycles. The molecular weight excluding hydrogens is 404 g/mol. The average Bonchev–Trinajstić information content (AvgIpc) is 2.77. The second-order valence-corrected chi connectivity index (χ2v) is 13.2. The maximum absolute atomic E-state index is 13.0. The van der Waals surface area contributed by atoms with Crippen LogP contribution in [-0.2, 0) is 18.8 Å². The molecule has 0 N–H and O–H groups in total. The molecule has 31 heavy (non-hydrogen) atoms. The van der Waals surface area contributed by atoms with E-state index in [2.05, 4.69) is 49.8 Å². The van der Waals surface area contributed by atoms with Gasteiger partial charge in [-0.25, -0.2) is 0 Å². The van der Waals surface area contributed by atoms with Crippen LogP contribution in [0.2, 0.25) is 5.04 Å². The van der Waals surface area contributed by atoms with Crippen LogP contribution in [0.25, 0.3) is 0 Å². The van der Waals surface area contributed by atoms with Crippen molar-refractivity contribution in [2.24, 2.45) is 0 Å². The number of rotatable bonds is 11. The van der Waals surface area contributed by atoms with Crippen LogP contribution in [0.1, 0.15) is 65.7 Å². The molecule has 0 aliphatic heterocycles. The van der Waals surface area contributed by atoms with Crippen LogP contribution in [-0.4, -0.2) is 27.4 Å². The third-order valence-corrected chi connectivity index (χ3v) is 10.6. The van der Waals surface area contributed by atoms with Crippen LogP contribution in [0.3, 0.4) is 0 Å². The molecule has 0 heterocycles. The van der Waals surface area contributed by atoms with Crippen LogP contribution >= 0.6 is 0 Å². The number of methoxy groups -OCH3 is 1. The summed E-state index contributed by atoms with van der Waals surface area (Å²) in [7, 11) is -1.39. The lowest BCUT2D eigenvalue weighted by molar-refractivity contribution is -0.140. The summed E-state index contributed by atoms with van der Waals surface area (Å²) in [6.45, 7) is 6.52. The maximum Gasteiger partial charge on any atom is 0.323 e. The van der Waals surface area contributed by atoms with Crippen LogP contribution < -0.4 is 10.4 Å². The molecule has 4 nitrogen and oxygen atoms in total. The molecule has 0 aliphatic rings. The number of hydrogen-bond acceptors (Lipinski definition) is 4. The van der Waals surface area contributed by atoms with E-state index in [1.807, 2.05) is 36.4 Å². The van der Waals surface area contributed by atoms with Gasteiger partial charge in [0.05, 0.1) is 7.11 Å². The number of hydrogen-bond donors (Lipinski definition) is 0. The molecule has 0 unspecified atom stereocenters. The minimum atomic E-state index is -2.81. The average molecular weight is 441 g/mol. The molecule has 0 amide bonds. The number of esters is 1. The van der Waals surface area contributed by atoms with Crippen LogP contribution in [0, 0.1) is 0 Å². The second kappa shape index (κ2) is 11.8. The standard InChI is InChI=1S/C26H36O4Si/c1-26(2,3)31(22-16-10-8-11-17-22,23-18-12-9-13-19-23)30-25(28)21-15-7-5-6-14-20-24(27)29-4/h8-13,16-19H,5-7,14-15,20-21H2,1-4H3. The molecule has 0 spiro atoms. The zero-order valence-corrected chi connectivity index (χ0v) is 20.4. The van der Waals surface area contributed by atoms with Crippen molar-refractivity contribution < 1.29 is 18.8 Å². The zero-order chi connectivity index (χ0) is 22.7. The van der Waals surface area contributed by atoms with Gasteiger partial charge in [0.15, 0.2) is 0 Å². The van der Waals surface area contributed by atoms with Crippen LogP contribution in [0.4, 0.5) is 0 Å². The highest BCUT2D eigenvalue weighted by Crippen LogP contribution is 2.37. The first-order chi connectivity index (χ1) is 14.8. The predicted octanol–water partition coefficient (Wildman–Crippen LogP) is 4.99. The van der Waals surface area contributed by atoms with Gasteiger partial charge in [0.25, 0.3) is 5.97 Å². The second-order valence-electron chi connectivity index (χ2n) is 8.98. The lowest BCUT2D eigenvalue weighted by Crippen LogP contribution is -2.67. The summed E-state index contributed by atoms with van der Waals surface area (Å²) in [5.74, 6) is -0.280. The topological polar surface area (TPSA) is 52.6 Å². The van der Waals surface area contributed by atoms with Crippen LogP contribution in [0.5, 0.6) is 0 Å². The molecule has 0 saturated heterocycles. The predicted molar refractivity (Wildman–Crippen MR) is 128 cm³/mol. The number of ether oxygens (including phenoxy) is 1. The van der Waals surface area contributed by atoms with Gasteiger partial charge in [-0.05, 0) is 28.3 Å². The van der Waals surface area contributed by atoms with Crippen molar-refractivity contribution in [3.63, 3.8) is 0 Å². The molecule has 0 aromatic heterocycles. The third kappa shape index (κ3) is 6.79. The Balaban J connectivity index is 2.07. The van der Waals surface area contributed by atoms with Crippen molar-refractivity contribution in [2.75, 3.05) is 7.11 Å². The molecule has 0 atom stereocenters. The summed E-state index contributed by atoms with van der Waals surface area (Å²) in [6, 6.07) is 20.5. The minimum Gasteiger partial charge on any atom is -0.510 e. The smallest absolute Gasteiger partial charge is 0.323 e. The Morgan fingerprint density at radius 2 is 1.13 bits per heavy atom. The number of benzene rings is 2. The molecular formula is C26H36O4Si. The number of carbonyl (C=O) groups excluding carboxylic acids is 2. The maximum atomic E-state index is 13.0. The van der Waals surface area contributed by atoms with E-state index in [0.717, 1.165) is 42.5 Å². The fraction of sp³-hybridized carbons (Fsp3) is 0.462. The molecule has 0 saturated carbocycles. The quantitative estimate of drug-likeness (QED) is 0.280. The Morgan fingerprint density at radius 3 is 1.55 bits per heavy atom. The van der Waals surface area contributed by atoms with Crippen molar-refractivity contribution in [3.8, 4) is 0 Å². The lowest BCUT2D eigenvalue weighted by Gasteiger charge is -2.42. The van der Waals surface area contributed by atoms with Gasteiger partial charge in [-0.3, -0.25) is 9.59 Å². The molecule has 2 rings (SSSR count). The first kappa shape index (κ1) is 24.9. The summed E-state index contributed by atoms with van der Waals surface area (Å²) in [4.78, 5) is 24.2. The van der Waals surface area contributed by atoms with Gasteiger partial charge in [0, 0.05) is 12.8 Å². The van der Waals surface area contributed by atoms with Gasteiger partial charge >= 0.3 is 14.3 Å². The van der Waals surface area contributed by atoms with E-state index in [-0.39, 0.29) is 17.0 Å². The van der Waals surface area contributed by atoms with Crippen molar-refractivity contribution in [3.05, 3.63) is 60.7 Å². The largest absolute Gasteiger partial charge is 0.510 e. The summed E-state index contributed by atoms with van der Waals surface area (Å²) in [6.07, 6.45) is 5.45. The summed E-state index contributed by atoms with van der Waals surface area (Å²) in [5.41, 5.74) is 0. The van der Waals surface area contributed by atoms with Crippen molar-refractivity contribution in [2.45, 2.75) is 70.8 Å². The number of carbonyl (C=O) groups is 2. The van der Waals surface area contributed by atoms with Gasteiger partial charge in [-0.2, -0.15) is 0 Å². The highest BCUT2D eigenvalue weighted by molar-refractivity contribution is 7.00. The van der Waals surface area contributed by atoms with Crippen molar-refractivity contribution >= 4 is 30.6 Å². The van der Waals surface area contributed by atoms with Gasteiger partial charge < -0.3 is 9.16 Å². The van der Waals surface area contributed by atoms with E-state index in [4.69, 9.17) is 4.43 Å². The Morgan fingerprint density at radius 1 is 0.710 bits per heavy atom. The van der Waals surface area contributed by atoms with E-state index < -0.39 is 8.32 Å². The van der Waals surface area contributed by atoms with E-state index in [0.29, 0.717) is 12.8 Å². The van der Waals surface area contributed by atoms with Gasteiger partial charge in [-0.15, -0.1) is 0 Å². The Kier molecular flexibility index (Phi) is 9.50. The first-order valence-corrected chi connectivity index (χ1v) is 13.1. The van der Waals surface area contributed by atoms with Gasteiger partial charge in [0.2, 0.25) is 0 Å². The fourth-order valence-corrected chi connectivity index (χ4v) is 8.42. The Hall–Kier alpha value is -2.40. The fourth-order valence-electron chi connectivity index (χ4n) is 4.04. The molecule has 0 bridgehead atoms. The molecule has 0 aliphatic carbocycles. The van der Waals surface area contributed by atoms with E-state index in [1.54, 1.807) is 0 Å². The van der Waals surface area contributed by atoms with E-state index in [1.165, 1.54) is 7.11 Å². The lowest BCUT2D eigenvalue weighted by atomic mass is 10.1. The molecule has 2 aromatic rings. The summed E-state index contributed by atoms with van der Waals surface area (Å²) >= 11 is 0. The van der Waals surface area contributed by atoms with Crippen molar-refractivity contribution in [1.29, 1.82) is 0 Å². The van der Waals surface area contributed by atoms with E-state index in [9.17, 15) is 9.59 Å². The highest BCUT2D eigenvalue weighted by atomic mass is 28.4. The molecule has 5 heteroatoms. The monoisotopic (exact) mass is 440 g/mol. The normalized spacial score (nSPS) is 11.7. The van der Waals surface area contributed by atoms with Gasteiger partial charge in [0.1, 0.15) is 0 Å². The molecule has 0 fully saturated rings. The van der Waals surface area contributed by atoms with E-state index >= 15 is 0 Å². The highest BCUT2D eigenvalue weighted by Gasteiger charge is 2.52. The van der Waals surface area contributed by atoms with Gasteiger partial charge in [-0.1, -0.05) is 101 Å².